The number of hydrogen-bond donors (Lipinski definition) is 0. The van der Waals surface area contributed by atoms with Gasteiger partial charge in [0.1, 0.15) is 6.17 Å². The van der Waals surface area contributed by atoms with Crippen molar-refractivity contribution in [2.45, 2.75) is 13.1 Å². The van der Waals surface area contributed by atoms with Crippen LogP contribution in [0.15, 0.2) is 35.9 Å². The average Bonchev–Trinajstić information content (AvgIpc) is 2.92. The van der Waals surface area contributed by atoms with E-state index >= 15 is 0 Å². The molecule has 2 aliphatic rings. The molecule has 0 radical (unpaired) electrons. The first-order valence-corrected chi connectivity index (χ1v) is 5.49. The van der Waals surface area contributed by atoms with E-state index in [1.807, 2.05) is 32.2 Å². The zero-order chi connectivity index (χ0) is 11.3. The highest BCUT2D eigenvalue weighted by molar-refractivity contribution is 6.06. The van der Waals surface area contributed by atoms with Gasteiger partial charge in [0.15, 0.2) is 5.78 Å². The van der Waals surface area contributed by atoms with Crippen molar-refractivity contribution in [2.24, 2.45) is 0 Å². The SMILES string of the molecule is CC1=C(c2ccccc2)C2N(C)N2CC1=O. The molecule has 3 nitrogen and oxygen atoms in total. The van der Waals surface area contributed by atoms with Crippen LogP contribution in [0.3, 0.4) is 0 Å². The van der Waals surface area contributed by atoms with Crippen LogP contribution in [0.1, 0.15) is 12.5 Å². The molecule has 0 spiro atoms. The fourth-order valence-electron chi connectivity index (χ4n) is 2.43. The summed E-state index contributed by atoms with van der Waals surface area (Å²) in [5, 5.41) is 4.22. The number of likely N-dealkylation sites (N-methyl/N-ethyl adjacent to an activating group) is 1. The van der Waals surface area contributed by atoms with Crippen LogP contribution in [0.2, 0.25) is 0 Å². The van der Waals surface area contributed by atoms with Crippen molar-refractivity contribution >= 4 is 11.4 Å². The topological polar surface area (TPSA) is 23.1 Å². The van der Waals surface area contributed by atoms with E-state index in [4.69, 9.17) is 0 Å². The van der Waals surface area contributed by atoms with Gasteiger partial charge in [0, 0.05) is 18.2 Å². The van der Waals surface area contributed by atoms with Gasteiger partial charge >= 0.3 is 0 Å². The number of nitrogens with zero attached hydrogens (tertiary/aromatic N) is 2. The molecule has 0 aromatic heterocycles. The molecule has 16 heavy (non-hydrogen) atoms. The van der Waals surface area contributed by atoms with E-state index in [1.54, 1.807) is 0 Å². The number of carbonyl (C=O) groups excluding carboxylic acids is 1. The van der Waals surface area contributed by atoms with Crippen molar-refractivity contribution < 1.29 is 4.79 Å². The Bertz CT molecular complexity index is 478. The summed E-state index contributed by atoms with van der Waals surface area (Å²) < 4.78 is 0. The van der Waals surface area contributed by atoms with Gasteiger partial charge in [-0.15, -0.1) is 0 Å². The van der Waals surface area contributed by atoms with Crippen LogP contribution in [0.4, 0.5) is 0 Å². The highest BCUT2D eigenvalue weighted by atomic mass is 16.1. The third kappa shape index (κ3) is 1.25. The lowest BCUT2D eigenvalue weighted by Gasteiger charge is -2.15. The zero-order valence-corrected chi connectivity index (χ0v) is 9.47. The third-order valence-corrected chi connectivity index (χ3v) is 3.46. The van der Waals surface area contributed by atoms with E-state index in [1.165, 1.54) is 5.57 Å². The second-order valence-corrected chi connectivity index (χ2v) is 4.37. The van der Waals surface area contributed by atoms with Crippen molar-refractivity contribution in [1.82, 2.24) is 10.0 Å². The summed E-state index contributed by atoms with van der Waals surface area (Å²) in [6, 6.07) is 10.2. The number of hydrazine groups is 1. The second kappa shape index (κ2) is 3.27. The second-order valence-electron chi connectivity index (χ2n) is 4.37. The highest BCUT2D eigenvalue weighted by Crippen LogP contribution is 2.41. The zero-order valence-electron chi connectivity index (χ0n) is 9.47. The van der Waals surface area contributed by atoms with Crippen molar-refractivity contribution in [3.63, 3.8) is 0 Å². The first-order valence-electron chi connectivity index (χ1n) is 5.49. The molecule has 0 amide bonds. The summed E-state index contributed by atoms with van der Waals surface area (Å²) in [6.07, 6.45) is 0.306. The third-order valence-electron chi connectivity index (χ3n) is 3.46. The number of ketones is 1. The van der Waals surface area contributed by atoms with Gasteiger partial charge in [-0.1, -0.05) is 30.3 Å². The first kappa shape index (κ1) is 9.75. The van der Waals surface area contributed by atoms with E-state index in [-0.39, 0.29) is 5.78 Å². The van der Waals surface area contributed by atoms with E-state index in [9.17, 15) is 4.79 Å². The molecule has 3 rings (SSSR count). The number of hydrogen-bond acceptors (Lipinski definition) is 3. The molecule has 1 aromatic rings. The van der Waals surface area contributed by atoms with Crippen molar-refractivity contribution in [3.05, 3.63) is 41.5 Å². The molecule has 0 bridgehead atoms. The normalized spacial score (nSPS) is 32.6. The predicted octanol–water partition coefficient (Wildman–Crippen LogP) is 1.53. The number of rotatable bonds is 1. The maximum atomic E-state index is 11.8. The molecular weight excluding hydrogens is 200 g/mol. The lowest BCUT2D eigenvalue weighted by atomic mass is 9.94. The van der Waals surface area contributed by atoms with E-state index in [0.29, 0.717) is 12.7 Å². The summed E-state index contributed by atoms with van der Waals surface area (Å²) in [7, 11) is 2.03. The number of fused-ring (bicyclic) bond motifs is 1. The molecular formula is C13H14N2O. The van der Waals surface area contributed by atoms with Crippen LogP contribution < -0.4 is 0 Å². The van der Waals surface area contributed by atoms with Gasteiger partial charge in [-0.3, -0.25) is 4.79 Å². The number of carbonyl (C=O) groups is 1. The van der Waals surface area contributed by atoms with Crippen LogP contribution in [0.25, 0.3) is 5.57 Å². The van der Waals surface area contributed by atoms with Gasteiger partial charge in [0.05, 0.1) is 6.54 Å². The lowest BCUT2D eigenvalue weighted by molar-refractivity contribution is -0.116. The van der Waals surface area contributed by atoms with E-state index in [2.05, 4.69) is 22.2 Å². The van der Waals surface area contributed by atoms with Crippen LogP contribution in [-0.2, 0) is 4.79 Å². The molecule has 2 heterocycles. The summed E-state index contributed by atoms with van der Waals surface area (Å²) in [4.78, 5) is 11.8. The average molecular weight is 214 g/mol. The quantitative estimate of drug-likeness (QED) is 0.662. The molecule has 3 atom stereocenters. The monoisotopic (exact) mass is 214 g/mol. The van der Waals surface area contributed by atoms with Crippen molar-refractivity contribution in [1.29, 1.82) is 0 Å². The Hall–Kier alpha value is -1.45. The van der Waals surface area contributed by atoms with Gasteiger partial charge in [-0.05, 0) is 12.5 Å². The van der Waals surface area contributed by atoms with Gasteiger partial charge < -0.3 is 0 Å². The maximum absolute atomic E-state index is 11.8. The number of Topliss-reactive ketones (excluding diaryl/α,β-unsaturated/α-hetero) is 1. The minimum absolute atomic E-state index is 0.236. The van der Waals surface area contributed by atoms with Gasteiger partial charge in [0.2, 0.25) is 0 Å². The Morgan fingerprint density at radius 1 is 1.25 bits per heavy atom. The Labute approximate surface area is 94.9 Å². The van der Waals surface area contributed by atoms with Gasteiger partial charge in [0.25, 0.3) is 0 Å². The molecule has 1 aromatic carbocycles. The van der Waals surface area contributed by atoms with Crippen LogP contribution >= 0.6 is 0 Å². The standard InChI is InChI=1S/C13H14N2O/c1-9-11(16)8-15-13(14(15)2)12(9)10-6-4-3-5-7-10/h3-7,13H,8H2,1-2H3. The Morgan fingerprint density at radius 2 is 1.94 bits per heavy atom. The molecule has 1 saturated heterocycles. The molecule has 1 fully saturated rings. The van der Waals surface area contributed by atoms with Crippen molar-refractivity contribution in [3.8, 4) is 0 Å². The number of benzene rings is 1. The van der Waals surface area contributed by atoms with Crippen molar-refractivity contribution in [2.75, 3.05) is 13.6 Å². The lowest BCUT2D eigenvalue weighted by Crippen LogP contribution is -2.23. The summed E-state index contributed by atoms with van der Waals surface area (Å²) in [5.41, 5.74) is 3.24. The fraction of sp³-hybridized carbons (Fsp3) is 0.308. The van der Waals surface area contributed by atoms with E-state index in [0.717, 1.165) is 11.1 Å². The molecule has 0 saturated carbocycles. The molecule has 0 aliphatic carbocycles. The Kier molecular flexibility index (Phi) is 1.99. The smallest absolute Gasteiger partial charge is 0.174 e. The maximum Gasteiger partial charge on any atom is 0.174 e. The van der Waals surface area contributed by atoms with Crippen LogP contribution in [-0.4, -0.2) is 35.6 Å². The Balaban J connectivity index is 2.11. The molecule has 82 valence electrons. The van der Waals surface area contributed by atoms with Gasteiger partial charge in [-0.2, -0.15) is 0 Å². The minimum atomic E-state index is 0.236. The molecule has 2 aliphatic heterocycles. The van der Waals surface area contributed by atoms with Gasteiger partial charge in [-0.25, -0.2) is 10.0 Å². The molecule has 3 unspecified atom stereocenters. The van der Waals surface area contributed by atoms with E-state index < -0.39 is 0 Å². The van der Waals surface area contributed by atoms with Crippen LogP contribution in [0, 0.1) is 0 Å². The summed E-state index contributed by atoms with van der Waals surface area (Å²) in [5.74, 6) is 0.236. The largest absolute Gasteiger partial charge is 0.293 e. The fourth-order valence-corrected chi connectivity index (χ4v) is 2.43. The molecule has 3 heteroatoms. The highest BCUT2D eigenvalue weighted by Gasteiger charge is 2.49. The summed E-state index contributed by atoms with van der Waals surface area (Å²) in [6.45, 7) is 2.47. The predicted molar refractivity (Wildman–Crippen MR) is 62.3 cm³/mol. The Morgan fingerprint density at radius 3 is 2.62 bits per heavy atom. The minimum Gasteiger partial charge on any atom is -0.293 e. The summed E-state index contributed by atoms with van der Waals surface area (Å²) >= 11 is 0. The molecule has 0 N–H and O–H groups in total. The first-order chi connectivity index (χ1) is 7.70. The van der Waals surface area contributed by atoms with Crippen LogP contribution in [0.5, 0.6) is 0 Å².